The molecule has 0 unspecified atom stereocenters. The molecule has 0 radical (unpaired) electrons. The summed E-state index contributed by atoms with van der Waals surface area (Å²) in [7, 11) is 0. The predicted octanol–water partition coefficient (Wildman–Crippen LogP) is 5.33. The first-order chi connectivity index (χ1) is 16.6. The maximum Gasteiger partial charge on any atom is 0.262 e. The van der Waals surface area contributed by atoms with Gasteiger partial charge in [-0.1, -0.05) is 30.3 Å². The Bertz CT molecular complexity index is 1610. The Kier molecular flexibility index (Phi) is 4.99. The van der Waals surface area contributed by atoms with Crippen molar-refractivity contribution in [1.29, 1.82) is 0 Å². The molecule has 4 aromatic heterocycles. The molecular weight excluding hydrogens is 442 g/mol. The van der Waals surface area contributed by atoms with Crippen LogP contribution in [0.15, 0.2) is 65.8 Å². The zero-order valence-electron chi connectivity index (χ0n) is 19.0. The number of hydrogen-bond acceptors (Lipinski definition) is 5. The van der Waals surface area contributed by atoms with Crippen molar-refractivity contribution in [2.24, 2.45) is 0 Å². The fourth-order valence-electron chi connectivity index (χ4n) is 4.57. The maximum absolute atomic E-state index is 13.2. The Labute approximate surface area is 200 Å². The topological polar surface area (TPSA) is 65.6 Å². The molecule has 0 amide bonds. The molecule has 0 aliphatic carbocycles. The van der Waals surface area contributed by atoms with Gasteiger partial charge in [0, 0.05) is 41.1 Å². The van der Waals surface area contributed by atoms with Gasteiger partial charge in [0.25, 0.3) is 5.56 Å². The average Bonchev–Trinajstić information content (AvgIpc) is 3.52. The Hall–Kier alpha value is -3.84. The number of hydrogen-bond donors (Lipinski definition) is 0. The van der Waals surface area contributed by atoms with Gasteiger partial charge in [0.05, 0.1) is 11.9 Å². The van der Waals surface area contributed by atoms with Gasteiger partial charge in [-0.15, -0.1) is 11.3 Å². The number of aromatic nitrogens is 5. The van der Waals surface area contributed by atoms with Crippen molar-refractivity contribution in [2.75, 3.05) is 0 Å². The fraction of sp³-hybridized carbons (Fsp3) is 0.185. The summed E-state index contributed by atoms with van der Waals surface area (Å²) in [6, 6.07) is 14.2. The van der Waals surface area contributed by atoms with Crippen molar-refractivity contribution in [2.45, 2.75) is 33.4 Å². The molecule has 7 heteroatoms. The number of fused-ring (bicyclic) bond motifs is 2. The summed E-state index contributed by atoms with van der Waals surface area (Å²) in [4.78, 5) is 24.4. The molecule has 6 rings (SSSR count). The lowest BCUT2D eigenvalue weighted by Gasteiger charge is -2.04. The number of pyridine rings is 1. The molecule has 0 spiro atoms. The van der Waals surface area contributed by atoms with Crippen molar-refractivity contribution in [1.82, 2.24) is 24.3 Å². The highest BCUT2D eigenvalue weighted by molar-refractivity contribution is 7.18. The Morgan fingerprint density at radius 1 is 1.12 bits per heavy atom. The molecular formula is C27H23N5OS. The Balaban J connectivity index is 1.47. The van der Waals surface area contributed by atoms with E-state index >= 15 is 0 Å². The van der Waals surface area contributed by atoms with Crippen LogP contribution >= 0.6 is 11.3 Å². The zero-order chi connectivity index (χ0) is 23.2. The van der Waals surface area contributed by atoms with Crippen LogP contribution < -0.4 is 5.56 Å². The lowest BCUT2D eigenvalue weighted by atomic mass is 10.1. The SMILES string of the molecule is Cc1sc2nc3n(c(=O)c2c1C)CCC3=Cc1cn(Cc2ccccc2)nc1-c1cccnc1. The number of aryl methyl sites for hydroxylation is 2. The molecule has 1 aliphatic heterocycles. The van der Waals surface area contributed by atoms with Gasteiger partial charge in [0.15, 0.2) is 0 Å². The quantitative estimate of drug-likeness (QED) is 0.360. The summed E-state index contributed by atoms with van der Waals surface area (Å²) >= 11 is 1.60. The van der Waals surface area contributed by atoms with Crippen LogP contribution in [0.4, 0.5) is 0 Å². The van der Waals surface area contributed by atoms with Gasteiger partial charge >= 0.3 is 0 Å². The number of nitrogens with zero attached hydrogens (tertiary/aromatic N) is 5. The summed E-state index contributed by atoms with van der Waals surface area (Å²) < 4.78 is 3.79. The first-order valence-electron chi connectivity index (χ1n) is 11.3. The number of benzene rings is 1. The summed E-state index contributed by atoms with van der Waals surface area (Å²) in [5.74, 6) is 0.770. The minimum Gasteiger partial charge on any atom is -0.292 e. The second kappa shape index (κ2) is 8.18. The van der Waals surface area contributed by atoms with Crippen LogP contribution in [0.5, 0.6) is 0 Å². The molecule has 0 N–H and O–H groups in total. The molecule has 34 heavy (non-hydrogen) atoms. The molecule has 6 nitrogen and oxygen atoms in total. The van der Waals surface area contributed by atoms with Crippen LogP contribution in [0.3, 0.4) is 0 Å². The minimum absolute atomic E-state index is 0.0671. The summed E-state index contributed by atoms with van der Waals surface area (Å²) in [6.45, 7) is 5.39. The zero-order valence-corrected chi connectivity index (χ0v) is 19.8. The van der Waals surface area contributed by atoms with E-state index in [1.165, 1.54) is 5.56 Å². The van der Waals surface area contributed by atoms with Crippen molar-refractivity contribution in [3.05, 3.63) is 98.8 Å². The van der Waals surface area contributed by atoms with Gasteiger partial charge in [-0.25, -0.2) is 4.98 Å². The van der Waals surface area contributed by atoms with E-state index in [4.69, 9.17) is 10.1 Å². The molecule has 1 aliphatic rings. The van der Waals surface area contributed by atoms with Crippen LogP contribution in [-0.2, 0) is 13.1 Å². The van der Waals surface area contributed by atoms with E-state index in [0.717, 1.165) is 55.3 Å². The van der Waals surface area contributed by atoms with Crippen LogP contribution in [0, 0.1) is 13.8 Å². The van der Waals surface area contributed by atoms with Crippen LogP contribution in [0.2, 0.25) is 0 Å². The largest absolute Gasteiger partial charge is 0.292 e. The van der Waals surface area contributed by atoms with E-state index in [2.05, 4.69) is 36.3 Å². The van der Waals surface area contributed by atoms with E-state index < -0.39 is 0 Å². The van der Waals surface area contributed by atoms with E-state index in [9.17, 15) is 4.79 Å². The summed E-state index contributed by atoms with van der Waals surface area (Å²) in [5, 5.41) is 5.66. The lowest BCUT2D eigenvalue weighted by molar-refractivity contribution is 0.689. The van der Waals surface area contributed by atoms with Gasteiger partial charge in [0.1, 0.15) is 16.3 Å². The van der Waals surface area contributed by atoms with Crippen molar-refractivity contribution < 1.29 is 0 Å². The van der Waals surface area contributed by atoms with Gasteiger partial charge in [0.2, 0.25) is 0 Å². The second-order valence-corrected chi connectivity index (χ2v) is 9.84. The van der Waals surface area contributed by atoms with Crippen molar-refractivity contribution in [3.63, 3.8) is 0 Å². The standard InChI is InChI=1S/C27H23N5OS/c1-17-18(2)34-26-23(17)27(33)32-12-10-20(25(32)29-26)13-22-16-31(15-19-7-4-3-5-8-19)30-24(22)21-9-6-11-28-14-21/h3-9,11,13-14,16H,10,12,15H2,1-2H3. The number of thiophene rings is 1. The average molecular weight is 466 g/mol. The van der Waals surface area contributed by atoms with Gasteiger partial charge in [-0.2, -0.15) is 5.10 Å². The smallest absolute Gasteiger partial charge is 0.262 e. The third kappa shape index (κ3) is 3.49. The molecule has 5 aromatic rings. The van der Waals surface area contributed by atoms with E-state index in [0.29, 0.717) is 13.1 Å². The highest BCUT2D eigenvalue weighted by Gasteiger charge is 2.24. The van der Waals surface area contributed by atoms with Crippen LogP contribution in [0.25, 0.3) is 33.1 Å². The van der Waals surface area contributed by atoms with Crippen molar-refractivity contribution >= 4 is 33.2 Å². The predicted molar refractivity (Wildman–Crippen MR) is 137 cm³/mol. The summed E-state index contributed by atoms with van der Waals surface area (Å²) in [5.41, 5.74) is 6.20. The van der Waals surface area contributed by atoms with Crippen LogP contribution in [-0.4, -0.2) is 24.3 Å². The van der Waals surface area contributed by atoms with E-state index in [1.807, 2.05) is 52.7 Å². The molecule has 0 fully saturated rings. The highest BCUT2D eigenvalue weighted by atomic mass is 32.1. The second-order valence-electron chi connectivity index (χ2n) is 8.63. The van der Waals surface area contributed by atoms with Crippen molar-refractivity contribution in [3.8, 4) is 11.3 Å². The van der Waals surface area contributed by atoms with Gasteiger partial charge in [-0.3, -0.25) is 19.0 Å². The monoisotopic (exact) mass is 465 g/mol. The van der Waals surface area contributed by atoms with Crippen LogP contribution in [0.1, 0.15) is 33.8 Å². The van der Waals surface area contributed by atoms with Gasteiger partial charge < -0.3 is 0 Å². The third-order valence-electron chi connectivity index (χ3n) is 6.42. The molecule has 0 atom stereocenters. The van der Waals surface area contributed by atoms with E-state index in [1.54, 1.807) is 17.5 Å². The molecule has 5 heterocycles. The molecule has 0 saturated carbocycles. The molecule has 1 aromatic carbocycles. The van der Waals surface area contributed by atoms with E-state index in [-0.39, 0.29) is 5.56 Å². The fourth-order valence-corrected chi connectivity index (χ4v) is 5.59. The normalized spacial score (nSPS) is 14.2. The first kappa shape index (κ1) is 20.7. The molecule has 0 bridgehead atoms. The molecule has 0 saturated heterocycles. The number of allylic oxidation sites excluding steroid dienone is 1. The third-order valence-corrected chi connectivity index (χ3v) is 7.52. The Morgan fingerprint density at radius 2 is 1.97 bits per heavy atom. The van der Waals surface area contributed by atoms with Gasteiger partial charge in [-0.05, 0) is 55.2 Å². The minimum atomic E-state index is 0.0671. The lowest BCUT2D eigenvalue weighted by Crippen LogP contribution is -2.20. The summed E-state index contributed by atoms with van der Waals surface area (Å²) in [6.07, 6.45) is 8.59. The first-order valence-corrected chi connectivity index (χ1v) is 12.1. The maximum atomic E-state index is 13.2. The number of rotatable bonds is 4. The Morgan fingerprint density at radius 3 is 2.76 bits per heavy atom. The molecule has 168 valence electrons. The highest BCUT2D eigenvalue weighted by Crippen LogP contribution is 2.33.